The number of aromatic nitrogens is 1. The minimum Gasteiger partial charge on any atom is -0.493 e. The van der Waals surface area contributed by atoms with E-state index in [1.54, 1.807) is 48.8 Å². The maximum Gasteiger partial charge on any atom is 0.309 e. The van der Waals surface area contributed by atoms with Crippen LogP contribution in [-0.2, 0) is 27.2 Å². The summed E-state index contributed by atoms with van der Waals surface area (Å²) < 4.78 is 17.9. The average molecular weight is 589 g/mol. The molecule has 0 fully saturated rings. The molecule has 9 nitrogen and oxygen atoms in total. The highest BCUT2D eigenvalue weighted by Crippen LogP contribution is 2.45. The van der Waals surface area contributed by atoms with Crippen LogP contribution in [-0.4, -0.2) is 60.5 Å². The number of aliphatic hydroxyl groups is 1. The monoisotopic (exact) mass is 588 g/mol. The molecule has 0 bridgehead atoms. The standard InChI is InChI=1S/C29H33ClN2O7S/c1-29(2,16-33)15-32-21-9-8-17(30)12-20(21)26(19-6-5-7-22(37-3)27(19)38-4)39-23(28(32)36)10-11-24-31-18(14-40-24)13-25(34)35/h5-9,12,14,23,26,33H,10-11,13,15-16H2,1-4H3,(H,34,35)/t23-,26-/m1/s1. The number of aliphatic carboxylic acids is 1. The number of ether oxygens (including phenoxy) is 3. The maximum atomic E-state index is 14.1. The smallest absolute Gasteiger partial charge is 0.309 e. The molecule has 3 aromatic rings. The van der Waals surface area contributed by atoms with Crippen molar-refractivity contribution in [2.75, 3.05) is 32.3 Å². The lowest BCUT2D eigenvalue weighted by Gasteiger charge is -2.32. The molecule has 1 aliphatic heterocycles. The molecule has 11 heteroatoms. The van der Waals surface area contributed by atoms with Crippen LogP contribution in [0.3, 0.4) is 0 Å². The van der Waals surface area contributed by atoms with Crippen molar-refractivity contribution in [2.24, 2.45) is 5.41 Å². The van der Waals surface area contributed by atoms with Crippen molar-refractivity contribution in [3.8, 4) is 11.5 Å². The first-order valence-electron chi connectivity index (χ1n) is 12.8. The van der Waals surface area contributed by atoms with Crippen LogP contribution in [0.2, 0.25) is 5.02 Å². The van der Waals surface area contributed by atoms with Crippen molar-refractivity contribution in [1.82, 2.24) is 4.98 Å². The van der Waals surface area contributed by atoms with Gasteiger partial charge >= 0.3 is 5.97 Å². The van der Waals surface area contributed by atoms with Gasteiger partial charge in [-0.2, -0.15) is 0 Å². The number of carboxylic acid groups (broad SMARTS) is 1. The van der Waals surface area contributed by atoms with Gasteiger partial charge in [-0.1, -0.05) is 37.6 Å². The summed E-state index contributed by atoms with van der Waals surface area (Å²) in [6.45, 7) is 3.90. The van der Waals surface area contributed by atoms with Gasteiger partial charge in [-0.25, -0.2) is 4.98 Å². The van der Waals surface area contributed by atoms with E-state index in [0.29, 0.717) is 51.9 Å². The molecule has 0 saturated heterocycles. The number of amides is 1. The minimum atomic E-state index is -0.951. The molecular weight excluding hydrogens is 556 g/mol. The summed E-state index contributed by atoms with van der Waals surface area (Å²) >= 11 is 7.83. The normalized spacial score (nSPS) is 17.4. The van der Waals surface area contributed by atoms with Crippen LogP contribution in [0, 0.1) is 5.41 Å². The lowest BCUT2D eigenvalue weighted by Crippen LogP contribution is -2.45. The molecule has 1 aliphatic rings. The highest BCUT2D eigenvalue weighted by Gasteiger charge is 2.39. The molecule has 0 saturated carbocycles. The molecule has 0 radical (unpaired) electrons. The number of fused-ring (bicyclic) bond motifs is 1. The number of hydrogen-bond donors (Lipinski definition) is 2. The van der Waals surface area contributed by atoms with E-state index in [0.717, 1.165) is 5.01 Å². The number of hydrogen-bond acceptors (Lipinski definition) is 8. The average Bonchev–Trinajstić information content (AvgIpc) is 3.33. The fraction of sp³-hybridized carbons (Fsp3) is 0.414. The molecule has 0 aliphatic carbocycles. The van der Waals surface area contributed by atoms with Crippen molar-refractivity contribution in [3.63, 3.8) is 0 Å². The molecule has 2 aromatic carbocycles. The number of aliphatic hydroxyl groups excluding tert-OH is 1. The van der Waals surface area contributed by atoms with Gasteiger partial charge in [0.05, 0.1) is 31.3 Å². The summed E-state index contributed by atoms with van der Waals surface area (Å²) in [5.74, 6) is -0.203. The number of benzene rings is 2. The Balaban J connectivity index is 1.80. The number of anilines is 1. The summed E-state index contributed by atoms with van der Waals surface area (Å²) in [5.41, 5.74) is 1.87. The van der Waals surface area contributed by atoms with Gasteiger partial charge in [-0.05, 0) is 30.7 Å². The number of rotatable bonds is 11. The first-order valence-corrected chi connectivity index (χ1v) is 14.1. The van der Waals surface area contributed by atoms with Crippen molar-refractivity contribution >= 4 is 40.5 Å². The molecule has 4 rings (SSSR count). The van der Waals surface area contributed by atoms with E-state index >= 15 is 0 Å². The zero-order chi connectivity index (χ0) is 29.0. The highest BCUT2D eigenvalue weighted by molar-refractivity contribution is 7.09. The molecule has 0 spiro atoms. The van der Waals surface area contributed by atoms with Gasteiger partial charge in [-0.3, -0.25) is 9.59 Å². The second kappa shape index (κ2) is 12.6. The summed E-state index contributed by atoms with van der Waals surface area (Å²) in [5, 5.41) is 22.1. The number of aryl methyl sites for hydroxylation is 1. The Bertz CT molecular complexity index is 1380. The number of nitrogens with zero attached hydrogens (tertiary/aromatic N) is 2. The molecule has 214 valence electrons. The summed E-state index contributed by atoms with van der Waals surface area (Å²) in [6.07, 6.45) is -1.05. The highest BCUT2D eigenvalue weighted by atomic mass is 35.5. The van der Waals surface area contributed by atoms with Gasteiger partial charge in [0.25, 0.3) is 5.91 Å². The van der Waals surface area contributed by atoms with Gasteiger partial charge in [-0.15, -0.1) is 11.3 Å². The van der Waals surface area contributed by atoms with Gasteiger partial charge in [0.1, 0.15) is 12.2 Å². The summed E-state index contributed by atoms with van der Waals surface area (Å²) in [6, 6.07) is 10.8. The Morgan fingerprint density at radius 1 is 1.20 bits per heavy atom. The maximum absolute atomic E-state index is 14.1. The van der Waals surface area contributed by atoms with Gasteiger partial charge in [0, 0.05) is 52.2 Å². The number of para-hydroxylation sites is 1. The third-order valence-corrected chi connectivity index (χ3v) is 7.88. The number of methoxy groups -OCH3 is 2. The number of thiazole rings is 1. The first-order chi connectivity index (χ1) is 19.1. The van der Waals surface area contributed by atoms with E-state index in [9.17, 15) is 14.7 Å². The Morgan fingerprint density at radius 2 is 1.98 bits per heavy atom. The van der Waals surface area contributed by atoms with Crippen LogP contribution in [0.1, 0.15) is 48.2 Å². The number of carbonyl (C=O) groups is 2. The van der Waals surface area contributed by atoms with Crippen LogP contribution in [0.5, 0.6) is 11.5 Å². The van der Waals surface area contributed by atoms with Crippen LogP contribution in [0.15, 0.2) is 41.8 Å². The van der Waals surface area contributed by atoms with E-state index in [2.05, 4.69) is 4.98 Å². The second-order valence-electron chi connectivity index (χ2n) is 10.4. The van der Waals surface area contributed by atoms with Gasteiger partial charge in [0.2, 0.25) is 0 Å². The summed E-state index contributed by atoms with van der Waals surface area (Å²) in [4.78, 5) is 31.3. The zero-order valence-corrected chi connectivity index (χ0v) is 24.4. The van der Waals surface area contributed by atoms with Crippen molar-refractivity contribution < 1.29 is 34.0 Å². The first kappa shape index (κ1) is 29.8. The lowest BCUT2D eigenvalue weighted by atomic mass is 9.92. The number of carboxylic acids is 1. The van der Waals surface area contributed by atoms with Crippen molar-refractivity contribution in [1.29, 1.82) is 0 Å². The van der Waals surface area contributed by atoms with E-state index in [4.69, 9.17) is 30.9 Å². The van der Waals surface area contributed by atoms with E-state index < -0.39 is 23.6 Å². The van der Waals surface area contributed by atoms with Crippen molar-refractivity contribution in [2.45, 2.75) is 45.3 Å². The summed E-state index contributed by atoms with van der Waals surface area (Å²) in [7, 11) is 3.10. The Hall–Kier alpha value is -3.18. The van der Waals surface area contributed by atoms with E-state index in [1.165, 1.54) is 11.3 Å². The Morgan fingerprint density at radius 3 is 2.65 bits per heavy atom. The van der Waals surface area contributed by atoms with Crippen molar-refractivity contribution in [3.05, 3.63) is 68.6 Å². The van der Waals surface area contributed by atoms with E-state index in [1.807, 2.05) is 26.0 Å². The van der Waals surface area contributed by atoms with Gasteiger partial charge < -0.3 is 29.3 Å². The minimum absolute atomic E-state index is 0.121. The van der Waals surface area contributed by atoms with Crippen LogP contribution >= 0.6 is 22.9 Å². The second-order valence-corrected chi connectivity index (χ2v) is 11.8. The zero-order valence-electron chi connectivity index (χ0n) is 22.8. The molecule has 2 heterocycles. The third kappa shape index (κ3) is 6.58. The molecular formula is C29H33ClN2O7S. The largest absolute Gasteiger partial charge is 0.493 e. The fourth-order valence-electron chi connectivity index (χ4n) is 4.72. The topological polar surface area (TPSA) is 118 Å². The molecule has 1 aromatic heterocycles. The predicted molar refractivity (Wildman–Crippen MR) is 153 cm³/mol. The number of halogens is 1. The number of carbonyl (C=O) groups excluding carboxylic acids is 1. The molecule has 2 N–H and O–H groups in total. The molecule has 40 heavy (non-hydrogen) atoms. The van der Waals surface area contributed by atoms with Crippen LogP contribution in [0.25, 0.3) is 0 Å². The Kier molecular flexibility index (Phi) is 9.35. The Labute approximate surface area is 242 Å². The fourth-order valence-corrected chi connectivity index (χ4v) is 5.71. The lowest BCUT2D eigenvalue weighted by molar-refractivity contribution is -0.136. The van der Waals surface area contributed by atoms with E-state index in [-0.39, 0.29) is 25.5 Å². The quantitative estimate of drug-likeness (QED) is 0.324. The van der Waals surface area contributed by atoms with Crippen LogP contribution < -0.4 is 14.4 Å². The SMILES string of the molecule is COc1cccc([C@H]2O[C@H](CCc3nc(CC(=O)O)cs3)C(=O)N(CC(C)(C)CO)c3ccc(Cl)cc32)c1OC. The molecule has 2 atom stereocenters. The van der Waals surface area contributed by atoms with Crippen LogP contribution in [0.4, 0.5) is 5.69 Å². The molecule has 0 unspecified atom stereocenters. The molecule has 1 amide bonds. The third-order valence-electron chi connectivity index (χ3n) is 6.69. The predicted octanol–water partition coefficient (Wildman–Crippen LogP) is 4.91. The van der Waals surface area contributed by atoms with Gasteiger partial charge in [0.15, 0.2) is 11.5 Å².